The van der Waals surface area contributed by atoms with Gasteiger partial charge in [0.1, 0.15) is 11.4 Å². The van der Waals surface area contributed by atoms with Gasteiger partial charge in [-0.3, -0.25) is 4.68 Å². The van der Waals surface area contributed by atoms with Crippen molar-refractivity contribution < 1.29 is 9.47 Å². The molecule has 1 saturated heterocycles. The van der Waals surface area contributed by atoms with Crippen molar-refractivity contribution in [2.75, 3.05) is 13.7 Å². The highest BCUT2D eigenvalue weighted by Crippen LogP contribution is 2.50. The van der Waals surface area contributed by atoms with Crippen LogP contribution in [0.1, 0.15) is 25.0 Å². The molecule has 1 aromatic rings. The highest BCUT2D eigenvalue weighted by atomic mass is 16.6. The summed E-state index contributed by atoms with van der Waals surface area (Å²) in [6.07, 6.45) is 5.06. The van der Waals surface area contributed by atoms with Gasteiger partial charge < -0.3 is 9.47 Å². The molecule has 1 aromatic heterocycles. The third-order valence-corrected chi connectivity index (χ3v) is 3.54. The van der Waals surface area contributed by atoms with Gasteiger partial charge in [0, 0.05) is 25.2 Å². The molecule has 4 heteroatoms. The monoisotopic (exact) mass is 220 g/mol. The molecule has 1 aliphatic carbocycles. The lowest BCUT2D eigenvalue weighted by atomic mass is 9.85. The van der Waals surface area contributed by atoms with E-state index in [9.17, 15) is 0 Å². The number of aryl methyl sites for hydroxylation is 1. The Morgan fingerprint density at radius 2 is 2.38 bits per heavy atom. The molecule has 1 fully saturated rings. The number of hydrogen-bond acceptors (Lipinski definition) is 3. The standard InChI is InChI=1S/C12H16N2O2/c1-14-9(5-7-13-14)11-10(15-2)4-3-6-12(11)8-16-12/h5,7H,3-4,6,8H2,1-2H3/t12-/m0/s1. The van der Waals surface area contributed by atoms with Gasteiger partial charge in [-0.25, -0.2) is 0 Å². The van der Waals surface area contributed by atoms with Gasteiger partial charge in [-0.15, -0.1) is 0 Å². The maximum Gasteiger partial charge on any atom is 0.122 e. The van der Waals surface area contributed by atoms with E-state index in [1.54, 1.807) is 7.11 Å². The highest BCUT2D eigenvalue weighted by Gasteiger charge is 2.52. The van der Waals surface area contributed by atoms with Gasteiger partial charge in [-0.1, -0.05) is 0 Å². The fourth-order valence-corrected chi connectivity index (χ4v) is 2.61. The van der Waals surface area contributed by atoms with Crippen molar-refractivity contribution in [2.24, 2.45) is 7.05 Å². The molecule has 16 heavy (non-hydrogen) atoms. The Bertz CT molecular complexity index is 444. The second kappa shape index (κ2) is 3.35. The van der Waals surface area contributed by atoms with E-state index in [-0.39, 0.29) is 5.60 Å². The molecule has 0 unspecified atom stereocenters. The fraction of sp³-hybridized carbons (Fsp3) is 0.583. The SMILES string of the molecule is COC1=C(c2ccnn2C)[C@]2(CCC1)CO2. The van der Waals surface area contributed by atoms with Crippen LogP contribution in [0.3, 0.4) is 0 Å². The van der Waals surface area contributed by atoms with E-state index in [4.69, 9.17) is 9.47 Å². The summed E-state index contributed by atoms with van der Waals surface area (Å²) in [4.78, 5) is 0. The molecule has 0 bridgehead atoms. The minimum absolute atomic E-state index is 0.0720. The van der Waals surface area contributed by atoms with Crippen LogP contribution >= 0.6 is 0 Å². The molecule has 0 amide bonds. The Hall–Kier alpha value is -1.29. The summed E-state index contributed by atoms with van der Waals surface area (Å²) in [5.41, 5.74) is 2.26. The van der Waals surface area contributed by atoms with Crippen LogP contribution in [-0.4, -0.2) is 29.1 Å². The van der Waals surface area contributed by atoms with Crippen LogP contribution in [0, 0.1) is 0 Å². The zero-order chi connectivity index (χ0) is 11.2. The Kier molecular flexibility index (Phi) is 2.07. The first-order chi connectivity index (χ1) is 7.77. The van der Waals surface area contributed by atoms with E-state index in [0.29, 0.717) is 0 Å². The number of ether oxygens (including phenoxy) is 2. The predicted octanol–water partition coefficient (Wildman–Crippen LogP) is 1.73. The van der Waals surface area contributed by atoms with Gasteiger partial charge in [0.25, 0.3) is 0 Å². The molecular weight excluding hydrogens is 204 g/mol. The van der Waals surface area contributed by atoms with Crippen LogP contribution < -0.4 is 0 Å². The topological polar surface area (TPSA) is 39.6 Å². The third kappa shape index (κ3) is 1.29. The van der Waals surface area contributed by atoms with E-state index >= 15 is 0 Å². The van der Waals surface area contributed by atoms with E-state index in [2.05, 4.69) is 5.10 Å². The van der Waals surface area contributed by atoms with Crippen LogP contribution in [0.15, 0.2) is 18.0 Å². The summed E-state index contributed by atoms with van der Waals surface area (Å²) in [7, 11) is 3.70. The Labute approximate surface area is 94.8 Å². The maximum absolute atomic E-state index is 5.68. The first-order valence-electron chi connectivity index (χ1n) is 5.67. The summed E-state index contributed by atoms with van der Waals surface area (Å²) in [5.74, 6) is 1.06. The van der Waals surface area contributed by atoms with E-state index < -0.39 is 0 Å². The van der Waals surface area contributed by atoms with Crippen molar-refractivity contribution in [1.29, 1.82) is 0 Å². The molecule has 3 rings (SSSR count). The fourth-order valence-electron chi connectivity index (χ4n) is 2.61. The van der Waals surface area contributed by atoms with Crippen LogP contribution in [0.25, 0.3) is 5.57 Å². The van der Waals surface area contributed by atoms with Crippen molar-refractivity contribution in [1.82, 2.24) is 9.78 Å². The lowest BCUT2D eigenvalue weighted by Gasteiger charge is -2.25. The van der Waals surface area contributed by atoms with Crippen LogP contribution in [0.5, 0.6) is 0 Å². The molecular formula is C12H16N2O2. The van der Waals surface area contributed by atoms with Crippen LogP contribution in [0.4, 0.5) is 0 Å². The largest absolute Gasteiger partial charge is 0.501 e. The van der Waals surface area contributed by atoms with Gasteiger partial charge in [0.05, 0.1) is 19.4 Å². The smallest absolute Gasteiger partial charge is 0.122 e. The minimum atomic E-state index is -0.0720. The zero-order valence-corrected chi connectivity index (χ0v) is 9.69. The molecule has 2 aliphatic rings. The number of nitrogens with zero attached hydrogens (tertiary/aromatic N) is 2. The summed E-state index contributed by atoms with van der Waals surface area (Å²) in [5, 5.41) is 4.23. The van der Waals surface area contributed by atoms with E-state index in [1.165, 1.54) is 5.57 Å². The average Bonchev–Trinajstić information content (AvgIpc) is 2.92. The van der Waals surface area contributed by atoms with Gasteiger partial charge in [-0.2, -0.15) is 5.10 Å². The van der Waals surface area contributed by atoms with Crippen molar-refractivity contribution >= 4 is 5.57 Å². The van der Waals surface area contributed by atoms with Gasteiger partial charge in [-0.05, 0) is 18.9 Å². The zero-order valence-electron chi connectivity index (χ0n) is 9.69. The van der Waals surface area contributed by atoms with Crippen LogP contribution in [-0.2, 0) is 16.5 Å². The second-order valence-corrected chi connectivity index (χ2v) is 4.48. The molecule has 0 N–H and O–H groups in total. The molecule has 4 nitrogen and oxygen atoms in total. The molecule has 86 valence electrons. The Balaban J connectivity index is 2.13. The Morgan fingerprint density at radius 3 is 2.94 bits per heavy atom. The molecule has 1 aliphatic heterocycles. The lowest BCUT2D eigenvalue weighted by Crippen LogP contribution is -2.22. The first kappa shape index (κ1) is 9.90. The van der Waals surface area contributed by atoms with Crippen LogP contribution in [0.2, 0.25) is 0 Å². The first-order valence-corrected chi connectivity index (χ1v) is 5.67. The summed E-state index contributed by atoms with van der Waals surface area (Å²) in [6, 6.07) is 2.03. The second-order valence-electron chi connectivity index (χ2n) is 4.48. The summed E-state index contributed by atoms with van der Waals surface area (Å²) in [6.45, 7) is 0.820. The number of aromatic nitrogens is 2. The number of hydrogen-bond donors (Lipinski definition) is 0. The average molecular weight is 220 g/mol. The molecule has 0 aromatic carbocycles. The van der Waals surface area contributed by atoms with E-state index in [0.717, 1.165) is 37.3 Å². The number of methoxy groups -OCH3 is 1. The van der Waals surface area contributed by atoms with Crippen molar-refractivity contribution in [3.05, 3.63) is 23.7 Å². The van der Waals surface area contributed by atoms with Gasteiger partial charge in [0.15, 0.2) is 0 Å². The minimum Gasteiger partial charge on any atom is -0.501 e. The molecule has 1 atom stereocenters. The number of epoxide rings is 1. The lowest BCUT2D eigenvalue weighted by molar-refractivity contribution is 0.246. The summed E-state index contributed by atoms with van der Waals surface area (Å²) < 4.78 is 13.1. The Morgan fingerprint density at radius 1 is 1.56 bits per heavy atom. The quantitative estimate of drug-likeness (QED) is 0.712. The summed E-state index contributed by atoms with van der Waals surface area (Å²) >= 11 is 0. The number of allylic oxidation sites excluding steroid dienone is 1. The highest BCUT2D eigenvalue weighted by molar-refractivity contribution is 5.75. The predicted molar refractivity (Wildman–Crippen MR) is 59.7 cm³/mol. The molecule has 0 saturated carbocycles. The molecule has 1 spiro atoms. The van der Waals surface area contributed by atoms with E-state index in [1.807, 2.05) is 24.0 Å². The molecule has 2 heterocycles. The number of rotatable bonds is 2. The third-order valence-electron chi connectivity index (χ3n) is 3.54. The van der Waals surface area contributed by atoms with Crippen molar-refractivity contribution in [2.45, 2.75) is 24.9 Å². The maximum atomic E-state index is 5.68. The van der Waals surface area contributed by atoms with Crippen molar-refractivity contribution in [3.8, 4) is 0 Å². The van der Waals surface area contributed by atoms with Crippen molar-refractivity contribution in [3.63, 3.8) is 0 Å². The molecule has 0 radical (unpaired) electrons. The van der Waals surface area contributed by atoms with Gasteiger partial charge in [0.2, 0.25) is 0 Å². The normalized spacial score (nSPS) is 28.6. The van der Waals surface area contributed by atoms with Gasteiger partial charge >= 0.3 is 0 Å².